The highest BCUT2D eigenvalue weighted by atomic mass is 35.5. The maximum absolute atomic E-state index is 12.7. The predicted molar refractivity (Wildman–Crippen MR) is 111 cm³/mol. The molecule has 6 nitrogen and oxygen atoms in total. The maximum Gasteiger partial charge on any atom is 0.359 e. The van der Waals surface area contributed by atoms with Crippen molar-refractivity contribution in [2.75, 3.05) is 13.7 Å². The van der Waals surface area contributed by atoms with E-state index in [0.717, 1.165) is 22.8 Å². The van der Waals surface area contributed by atoms with E-state index in [1.165, 1.54) is 12.1 Å². The molecule has 3 aromatic rings. The zero-order valence-electron chi connectivity index (χ0n) is 16.0. The van der Waals surface area contributed by atoms with Crippen molar-refractivity contribution in [3.8, 4) is 11.4 Å². The molecule has 1 aromatic carbocycles. The largest absolute Gasteiger partial charge is 0.497 e. The first-order valence-electron chi connectivity index (χ1n) is 8.67. The normalized spacial score (nSPS) is 10.7. The predicted octanol–water partition coefficient (Wildman–Crippen LogP) is 4.84. The fourth-order valence-electron chi connectivity index (χ4n) is 3.01. The lowest BCUT2D eigenvalue weighted by Gasteiger charge is -2.11. The van der Waals surface area contributed by atoms with Crippen molar-refractivity contribution in [3.63, 3.8) is 0 Å². The van der Waals surface area contributed by atoms with Crippen molar-refractivity contribution in [2.45, 2.75) is 13.8 Å². The van der Waals surface area contributed by atoms with Crippen LogP contribution >= 0.6 is 23.2 Å². The molecule has 0 aliphatic heterocycles. The summed E-state index contributed by atoms with van der Waals surface area (Å²) in [4.78, 5) is 28.7. The van der Waals surface area contributed by atoms with Crippen LogP contribution in [0.15, 0.2) is 42.5 Å². The standard InChI is InChI=1S/C21H18Cl2N2O4/c1-12-10-16(13(2)25(12)14-4-6-15(28-3)7-5-14)18(26)11-29-21(27)20-17(22)8-9-19(23)24-20/h4-10H,11H2,1-3H3. The summed E-state index contributed by atoms with van der Waals surface area (Å²) < 4.78 is 12.2. The third kappa shape index (κ3) is 4.44. The topological polar surface area (TPSA) is 70.4 Å². The lowest BCUT2D eigenvalue weighted by molar-refractivity contribution is 0.0469. The molecule has 0 saturated carbocycles. The Bertz CT molecular complexity index is 1080. The first-order chi connectivity index (χ1) is 13.8. The molecule has 0 spiro atoms. The van der Waals surface area contributed by atoms with Crippen molar-refractivity contribution >= 4 is 35.0 Å². The van der Waals surface area contributed by atoms with E-state index in [4.69, 9.17) is 32.7 Å². The van der Waals surface area contributed by atoms with Crippen LogP contribution in [0.2, 0.25) is 10.2 Å². The van der Waals surface area contributed by atoms with Crippen molar-refractivity contribution in [1.29, 1.82) is 0 Å². The first-order valence-corrected chi connectivity index (χ1v) is 9.43. The lowest BCUT2D eigenvalue weighted by Crippen LogP contribution is -2.16. The van der Waals surface area contributed by atoms with Crippen LogP contribution in [0.25, 0.3) is 5.69 Å². The monoisotopic (exact) mass is 432 g/mol. The zero-order valence-corrected chi connectivity index (χ0v) is 17.5. The van der Waals surface area contributed by atoms with Gasteiger partial charge >= 0.3 is 5.97 Å². The molecule has 0 radical (unpaired) electrons. The quantitative estimate of drug-likeness (QED) is 0.316. The molecule has 8 heteroatoms. The number of carbonyl (C=O) groups is 2. The van der Waals surface area contributed by atoms with E-state index >= 15 is 0 Å². The van der Waals surface area contributed by atoms with Crippen LogP contribution in [0.1, 0.15) is 32.2 Å². The van der Waals surface area contributed by atoms with Gasteiger partial charge in [0.25, 0.3) is 0 Å². The number of carbonyl (C=O) groups excluding carboxylic acids is 2. The van der Waals surface area contributed by atoms with Gasteiger partial charge in [-0.15, -0.1) is 0 Å². The molecule has 0 N–H and O–H groups in total. The Hall–Kier alpha value is -2.83. The average Bonchev–Trinajstić information content (AvgIpc) is 3.02. The molecule has 0 unspecified atom stereocenters. The summed E-state index contributed by atoms with van der Waals surface area (Å²) in [6.45, 7) is 3.30. The molecule has 3 rings (SSSR count). The molecule has 150 valence electrons. The fraction of sp³-hybridized carbons (Fsp3) is 0.190. The highest BCUT2D eigenvalue weighted by Crippen LogP contribution is 2.23. The summed E-state index contributed by atoms with van der Waals surface area (Å²) in [6, 6.07) is 12.2. The zero-order chi connectivity index (χ0) is 21.1. The summed E-state index contributed by atoms with van der Waals surface area (Å²) in [5, 5.41) is 0.209. The first kappa shape index (κ1) is 20.9. The highest BCUT2D eigenvalue weighted by molar-refractivity contribution is 6.34. The van der Waals surface area contributed by atoms with Crippen LogP contribution < -0.4 is 4.74 Å². The second-order valence-corrected chi connectivity index (χ2v) is 7.08. The molecule has 0 atom stereocenters. The number of aryl methyl sites for hydroxylation is 1. The average molecular weight is 433 g/mol. The number of hydrogen-bond donors (Lipinski definition) is 0. The van der Waals surface area contributed by atoms with Crippen LogP contribution in [0.3, 0.4) is 0 Å². The van der Waals surface area contributed by atoms with E-state index in [9.17, 15) is 9.59 Å². The lowest BCUT2D eigenvalue weighted by atomic mass is 10.1. The number of methoxy groups -OCH3 is 1. The Balaban J connectivity index is 1.78. The van der Waals surface area contributed by atoms with Gasteiger partial charge in [0.2, 0.25) is 5.78 Å². The van der Waals surface area contributed by atoms with Gasteiger partial charge in [0.1, 0.15) is 10.9 Å². The van der Waals surface area contributed by atoms with Crippen LogP contribution in [0.5, 0.6) is 5.75 Å². The van der Waals surface area contributed by atoms with Gasteiger partial charge in [-0.3, -0.25) is 4.79 Å². The third-order valence-corrected chi connectivity index (χ3v) is 4.92. The number of Topliss-reactive ketones (excluding diaryl/α,β-unsaturated/α-hetero) is 1. The van der Waals surface area contributed by atoms with Crippen molar-refractivity contribution in [2.24, 2.45) is 0 Å². The number of ether oxygens (including phenoxy) is 2. The molecule has 29 heavy (non-hydrogen) atoms. The van der Waals surface area contributed by atoms with Gasteiger partial charge in [-0.2, -0.15) is 0 Å². The number of rotatable bonds is 6. The van der Waals surface area contributed by atoms with Gasteiger partial charge in [-0.1, -0.05) is 23.2 Å². The highest BCUT2D eigenvalue weighted by Gasteiger charge is 2.20. The van der Waals surface area contributed by atoms with Gasteiger partial charge in [-0.05, 0) is 56.3 Å². The number of hydrogen-bond acceptors (Lipinski definition) is 5. The number of pyridine rings is 1. The molecule has 0 saturated heterocycles. The van der Waals surface area contributed by atoms with E-state index in [-0.39, 0.29) is 21.7 Å². The summed E-state index contributed by atoms with van der Waals surface area (Å²) in [5.41, 5.74) is 2.85. The van der Waals surface area contributed by atoms with E-state index in [0.29, 0.717) is 5.56 Å². The molecular formula is C21H18Cl2N2O4. The van der Waals surface area contributed by atoms with Crippen molar-refractivity contribution in [3.05, 3.63) is 75.3 Å². The second kappa shape index (κ2) is 8.68. The molecule has 0 bridgehead atoms. The summed E-state index contributed by atoms with van der Waals surface area (Å²) in [5.74, 6) is -0.396. The van der Waals surface area contributed by atoms with Crippen LogP contribution in [0.4, 0.5) is 0 Å². The van der Waals surface area contributed by atoms with Crippen LogP contribution in [-0.4, -0.2) is 35.0 Å². The van der Waals surface area contributed by atoms with Gasteiger partial charge in [0.05, 0.1) is 12.1 Å². The Morgan fingerprint density at radius 2 is 1.76 bits per heavy atom. The Morgan fingerprint density at radius 3 is 2.41 bits per heavy atom. The number of benzene rings is 1. The SMILES string of the molecule is COc1ccc(-n2c(C)cc(C(=O)COC(=O)c3nc(Cl)ccc3Cl)c2C)cc1. The molecule has 2 aromatic heterocycles. The molecule has 0 amide bonds. The minimum Gasteiger partial charge on any atom is -0.497 e. The van der Waals surface area contributed by atoms with Crippen LogP contribution in [-0.2, 0) is 4.74 Å². The summed E-state index contributed by atoms with van der Waals surface area (Å²) in [7, 11) is 1.60. The van der Waals surface area contributed by atoms with Crippen LogP contribution in [0, 0.1) is 13.8 Å². The van der Waals surface area contributed by atoms with E-state index < -0.39 is 12.6 Å². The molecule has 0 fully saturated rings. The van der Waals surface area contributed by atoms with Gasteiger partial charge in [0.15, 0.2) is 12.3 Å². The maximum atomic E-state index is 12.7. The molecular weight excluding hydrogens is 415 g/mol. The molecule has 0 aliphatic rings. The number of halogens is 2. The van der Waals surface area contributed by atoms with Gasteiger partial charge < -0.3 is 14.0 Å². The number of ketones is 1. The minimum atomic E-state index is -0.810. The van der Waals surface area contributed by atoms with Gasteiger partial charge in [0, 0.05) is 22.6 Å². The number of aromatic nitrogens is 2. The molecule has 2 heterocycles. The smallest absolute Gasteiger partial charge is 0.359 e. The van der Waals surface area contributed by atoms with E-state index in [2.05, 4.69) is 4.98 Å². The van der Waals surface area contributed by atoms with Crippen molar-refractivity contribution < 1.29 is 19.1 Å². The Labute approximate surface area is 178 Å². The molecule has 0 aliphatic carbocycles. The minimum absolute atomic E-state index is 0.101. The van der Waals surface area contributed by atoms with Gasteiger partial charge in [-0.25, -0.2) is 9.78 Å². The number of nitrogens with zero attached hydrogens (tertiary/aromatic N) is 2. The summed E-state index contributed by atoms with van der Waals surface area (Å²) >= 11 is 11.7. The summed E-state index contributed by atoms with van der Waals surface area (Å²) in [6.07, 6.45) is 0. The van der Waals surface area contributed by atoms with E-state index in [1.54, 1.807) is 13.2 Å². The van der Waals surface area contributed by atoms with Crippen molar-refractivity contribution in [1.82, 2.24) is 9.55 Å². The third-order valence-electron chi connectivity index (χ3n) is 4.40. The Morgan fingerprint density at radius 1 is 1.07 bits per heavy atom. The second-order valence-electron chi connectivity index (χ2n) is 6.28. The van der Waals surface area contributed by atoms with E-state index in [1.807, 2.05) is 42.7 Å². The number of esters is 1. The Kier molecular flexibility index (Phi) is 6.25. The fourth-order valence-corrected chi connectivity index (χ4v) is 3.34.